The molecule has 1 aromatic heterocycles. The fourth-order valence-corrected chi connectivity index (χ4v) is 2.74. The van der Waals surface area contributed by atoms with E-state index in [2.05, 4.69) is 10.3 Å². The van der Waals surface area contributed by atoms with Crippen LogP contribution >= 0.6 is 0 Å². The highest BCUT2D eigenvalue weighted by Gasteiger charge is 2.13. The first-order chi connectivity index (χ1) is 9.97. The van der Waals surface area contributed by atoms with Gasteiger partial charge in [0.15, 0.2) is 0 Å². The van der Waals surface area contributed by atoms with E-state index in [0.29, 0.717) is 23.7 Å². The molecular weight excluding hydrogens is 286 g/mol. The topological polar surface area (TPSA) is 85.1 Å². The largest absolute Gasteiger partial charge is 0.383 e. The lowest BCUT2D eigenvalue weighted by molar-refractivity contribution is 0.0934. The average molecular weight is 305 g/mol. The van der Waals surface area contributed by atoms with Crippen LogP contribution in [0.2, 0.25) is 0 Å². The second-order valence-corrected chi connectivity index (χ2v) is 6.61. The Morgan fingerprint density at radius 2 is 2.14 bits per heavy atom. The summed E-state index contributed by atoms with van der Waals surface area (Å²) in [5, 5.41) is 4.58. The normalized spacial score (nSPS) is 13.8. The molecule has 0 aliphatic carbocycles. The van der Waals surface area contributed by atoms with Crippen LogP contribution in [-0.4, -0.2) is 33.2 Å². The lowest BCUT2D eigenvalue weighted by atomic mass is 10.1. The molecule has 0 spiro atoms. The molecule has 0 saturated carbocycles. The van der Waals surface area contributed by atoms with Gasteiger partial charge >= 0.3 is 0 Å². The molecule has 6 heteroatoms. The van der Waals surface area contributed by atoms with Gasteiger partial charge in [-0.25, -0.2) is 4.98 Å². The van der Waals surface area contributed by atoms with E-state index in [1.54, 1.807) is 12.3 Å². The molecule has 1 aromatic carbocycles. The van der Waals surface area contributed by atoms with Crippen LogP contribution in [0.5, 0.6) is 0 Å². The molecule has 0 aliphatic heterocycles. The number of nitrogen functional groups attached to an aromatic ring is 1. The number of nitrogens with zero attached hydrogens (tertiary/aromatic N) is 1. The Morgan fingerprint density at radius 3 is 2.86 bits per heavy atom. The smallest absolute Gasteiger partial charge is 0.270 e. The van der Waals surface area contributed by atoms with Crippen LogP contribution in [0.25, 0.3) is 10.8 Å². The number of pyridine rings is 1. The molecular formula is C15H19N3O2S. The van der Waals surface area contributed by atoms with Gasteiger partial charge in [-0.15, -0.1) is 0 Å². The van der Waals surface area contributed by atoms with E-state index in [1.807, 2.05) is 31.2 Å². The van der Waals surface area contributed by atoms with Crippen molar-refractivity contribution in [2.24, 2.45) is 0 Å². The number of hydrogen-bond acceptors (Lipinski definition) is 4. The summed E-state index contributed by atoms with van der Waals surface area (Å²) in [6.45, 7) is 1.88. The van der Waals surface area contributed by atoms with Gasteiger partial charge in [-0.05, 0) is 24.8 Å². The Morgan fingerprint density at radius 1 is 1.43 bits per heavy atom. The van der Waals surface area contributed by atoms with Crippen molar-refractivity contribution in [2.75, 3.05) is 17.7 Å². The van der Waals surface area contributed by atoms with E-state index >= 15 is 0 Å². The molecule has 2 atom stereocenters. The van der Waals surface area contributed by atoms with E-state index in [-0.39, 0.29) is 11.9 Å². The number of aromatic nitrogens is 1. The van der Waals surface area contributed by atoms with E-state index in [4.69, 9.17) is 5.73 Å². The van der Waals surface area contributed by atoms with Crippen molar-refractivity contribution in [1.82, 2.24) is 10.3 Å². The number of nitrogens with one attached hydrogen (secondary N) is 1. The van der Waals surface area contributed by atoms with E-state index in [9.17, 15) is 9.00 Å². The fourth-order valence-electron chi connectivity index (χ4n) is 2.05. The number of rotatable bonds is 5. The summed E-state index contributed by atoms with van der Waals surface area (Å²) in [6, 6.07) is 9.21. The minimum absolute atomic E-state index is 0.0594. The summed E-state index contributed by atoms with van der Waals surface area (Å²) in [7, 11) is -0.855. The first kappa shape index (κ1) is 15.4. The Hall–Kier alpha value is -1.95. The number of nitrogens with two attached hydrogens (primary N) is 1. The third-order valence-corrected chi connectivity index (χ3v) is 4.03. The van der Waals surface area contributed by atoms with Gasteiger partial charge in [0.25, 0.3) is 5.91 Å². The molecule has 5 nitrogen and oxygen atoms in total. The molecule has 2 aromatic rings. The number of benzene rings is 1. The second kappa shape index (κ2) is 6.67. The lowest BCUT2D eigenvalue weighted by Crippen LogP contribution is -2.34. The molecule has 2 rings (SSSR count). The number of hydrogen-bond donors (Lipinski definition) is 2. The van der Waals surface area contributed by atoms with Crippen LogP contribution in [0, 0.1) is 0 Å². The van der Waals surface area contributed by atoms with Gasteiger partial charge in [0, 0.05) is 34.2 Å². The number of carbonyl (C=O) groups is 1. The first-order valence-electron chi connectivity index (χ1n) is 6.73. The molecule has 21 heavy (non-hydrogen) atoms. The number of anilines is 1. The predicted molar refractivity (Wildman–Crippen MR) is 86.6 cm³/mol. The zero-order valence-electron chi connectivity index (χ0n) is 12.1. The standard InChI is InChI=1S/C15H19N3O2S/c1-10(7-8-21(2)20)17-15(19)13-9-11-5-3-4-6-12(11)14(16)18-13/h3-6,9-10H,7-8H2,1-2H3,(H2,16,18)(H,17,19). The van der Waals surface area contributed by atoms with Crippen molar-refractivity contribution < 1.29 is 9.00 Å². The van der Waals surface area contributed by atoms with Gasteiger partial charge in [-0.2, -0.15) is 0 Å². The average Bonchev–Trinajstić information content (AvgIpc) is 2.45. The fraction of sp³-hybridized carbons (Fsp3) is 0.333. The third kappa shape index (κ3) is 4.01. The highest BCUT2D eigenvalue weighted by Crippen LogP contribution is 2.19. The van der Waals surface area contributed by atoms with Gasteiger partial charge in [0.1, 0.15) is 11.5 Å². The minimum atomic E-state index is -0.855. The van der Waals surface area contributed by atoms with Crippen LogP contribution in [0.15, 0.2) is 30.3 Å². The zero-order chi connectivity index (χ0) is 15.4. The van der Waals surface area contributed by atoms with Crippen molar-refractivity contribution in [3.63, 3.8) is 0 Å². The maximum Gasteiger partial charge on any atom is 0.270 e. The molecule has 0 fully saturated rings. The Labute approximate surface area is 126 Å². The zero-order valence-corrected chi connectivity index (χ0v) is 12.9. The van der Waals surface area contributed by atoms with Gasteiger partial charge in [-0.3, -0.25) is 9.00 Å². The SMILES string of the molecule is CC(CCS(C)=O)NC(=O)c1cc2ccccc2c(N)n1. The van der Waals surface area contributed by atoms with Gasteiger partial charge in [0.2, 0.25) is 0 Å². The van der Waals surface area contributed by atoms with E-state index < -0.39 is 10.8 Å². The Kier molecular flexibility index (Phi) is 4.90. The van der Waals surface area contributed by atoms with Gasteiger partial charge in [0.05, 0.1) is 0 Å². The molecule has 2 unspecified atom stereocenters. The quantitative estimate of drug-likeness (QED) is 0.880. The van der Waals surface area contributed by atoms with Gasteiger partial charge in [-0.1, -0.05) is 24.3 Å². The first-order valence-corrected chi connectivity index (χ1v) is 8.46. The molecule has 1 heterocycles. The monoisotopic (exact) mass is 305 g/mol. The molecule has 3 N–H and O–H groups in total. The number of amides is 1. The molecule has 0 radical (unpaired) electrons. The maximum atomic E-state index is 12.2. The van der Waals surface area contributed by atoms with Gasteiger partial charge < -0.3 is 11.1 Å². The maximum absolute atomic E-state index is 12.2. The predicted octanol–water partition coefficient (Wildman–Crippen LogP) is 1.70. The molecule has 0 aliphatic rings. The van der Waals surface area contributed by atoms with Crippen molar-refractivity contribution >= 4 is 33.3 Å². The summed E-state index contributed by atoms with van der Waals surface area (Å²) in [5.74, 6) is 0.650. The summed E-state index contributed by atoms with van der Waals surface area (Å²) >= 11 is 0. The Bertz CT molecular complexity index is 688. The second-order valence-electron chi connectivity index (χ2n) is 5.05. The third-order valence-electron chi connectivity index (χ3n) is 3.22. The summed E-state index contributed by atoms with van der Waals surface area (Å²) < 4.78 is 11.1. The van der Waals surface area contributed by atoms with Crippen molar-refractivity contribution in [2.45, 2.75) is 19.4 Å². The molecule has 1 amide bonds. The van der Waals surface area contributed by atoms with Crippen LogP contribution in [-0.2, 0) is 10.8 Å². The van der Waals surface area contributed by atoms with Crippen molar-refractivity contribution in [3.05, 3.63) is 36.0 Å². The van der Waals surface area contributed by atoms with Crippen LogP contribution in [0.4, 0.5) is 5.82 Å². The summed E-state index contributed by atoms with van der Waals surface area (Å²) in [6.07, 6.45) is 2.32. The van der Waals surface area contributed by atoms with E-state index in [0.717, 1.165) is 10.8 Å². The van der Waals surface area contributed by atoms with Crippen molar-refractivity contribution in [1.29, 1.82) is 0 Å². The molecule has 112 valence electrons. The van der Waals surface area contributed by atoms with Crippen LogP contribution in [0.3, 0.4) is 0 Å². The highest BCUT2D eigenvalue weighted by molar-refractivity contribution is 7.84. The number of fused-ring (bicyclic) bond motifs is 1. The molecule has 0 saturated heterocycles. The minimum Gasteiger partial charge on any atom is -0.383 e. The summed E-state index contributed by atoms with van der Waals surface area (Å²) in [4.78, 5) is 16.3. The number of carbonyl (C=O) groups excluding carboxylic acids is 1. The molecule has 0 bridgehead atoms. The Balaban J connectivity index is 2.14. The van der Waals surface area contributed by atoms with Crippen molar-refractivity contribution in [3.8, 4) is 0 Å². The lowest BCUT2D eigenvalue weighted by Gasteiger charge is -2.13. The summed E-state index contributed by atoms with van der Waals surface area (Å²) in [5.41, 5.74) is 6.19. The van der Waals surface area contributed by atoms with E-state index in [1.165, 1.54) is 0 Å². The van der Waals surface area contributed by atoms with Crippen LogP contribution < -0.4 is 11.1 Å². The highest BCUT2D eigenvalue weighted by atomic mass is 32.2. The van der Waals surface area contributed by atoms with Crippen LogP contribution in [0.1, 0.15) is 23.8 Å².